The number of ether oxygens (including phenoxy) is 2. The number of nitrogens with one attached hydrogen (secondary N) is 1. The van der Waals surface area contributed by atoms with Crippen molar-refractivity contribution in [3.05, 3.63) is 39.9 Å². The Labute approximate surface area is 176 Å². The van der Waals surface area contributed by atoms with Crippen LogP contribution in [-0.2, 0) is 30.3 Å². The van der Waals surface area contributed by atoms with Crippen LogP contribution in [0.3, 0.4) is 0 Å². The van der Waals surface area contributed by atoms with Crippen LogP contribution in [0.4, 0.5) is 5.69 Å². The maximum atomic E-state index is 12.7. The topological polar surface area (TPSA) is 125 Å². The van der Waals surface area contributed by atoms with Gasteiger partial charge in [-0.2, -0.15) is 0 Å². The summed E-state index contributed by atoms with van der Waals surface area (Å²) in [4.78, 5) is 46.8. The fraction of sp³-hybridized carbons (Fsp3) is 0.571. The second kappa shape index (κ2) is 10.7. The molecule has 9 nitrogen and oxygen atoms in total. The summed E-state index contributed by atoms with van der Waals surface area (Å²) in [6.45, 7) is 7.62. The summed E-state index contributed by atoms with van der Waals surface area (Å²) >= 11 is 0. The number of amides is 1. The number of nitro benzene ring substituents is 1. The van der Waals surface area contributed by atoms with Crippen molar-refractivity contribution in [3.63, 3.8) is 0 Å². The molecule has 0 spiro atoms. The summed E-state index contributed by atoms with van der Waals surface area (Å²) in [5.41, 5.74) is -0.0142. The van der Waals surface area contributed by atoms with Crippen molar-refractivity contribution in [3.8, 4) is 0 Å². The van der Waals surface area contributed by atoms with Crippen LogP contribution in [0.15, 0.2) is 24.3 Å². The summed E-state index contributed by atoms with van der Waals surface area (Å²) < 4.78 is 9.54. The van der Waals surface area contributed by atoms with E-state index in [1.165, 1.54) is 38.5 Å². The lowest BCUT2D eigenvalue weighted by Crippen LogP contribution is -2.57. The van der Waals surface area contributed by atoms with Gasteiger partial charge in [0.25, 0.3) is 5.69 Å². The minimum absolute atomic E-state index is 0.0625. The first kappa shape index (κ1) is 25.1. The molecule has 1 aromatic rings. The Morgan fingerprint density at radius 1 is 1.13 bits per heavy atom. The van der Waals surface area contributed by atoms with E-state index in [1.54, 1.807) is 0 Å². The Morgan fingerprint density at radius 3 is 2.13 bits per heavy atom. The van der Waals surface area contributed by atoms with E-state index >= 15 is 0 Å². The maximum Gasteiger partial charge on any atom is 0.328 e. The predicted octanol–water partition coefficient (Wildman–Crippen LogP) is 2.66. The number of esters is 2. The molecule has 2 rings (SSSR count). The number of benzene rings is 1. The van der Waals surface area contributed by atoms with E-state index in [2.05, 4.69) is 5.32 Å². The molecule has 1 amide bonds. The lowest BCUT2D eigenvalue weighted by atomic mass is 9.54. The lowest BCUT2D eigenvalue weighted by molar-refractivity contribution is -0.384. The Hall–Kier alpha value is -2.97. The predicted molar refractivity (Wildman–Crippen MR) is 109 cm³/mol. The number of carbonyl (C=O) groups is 3. The van der Waals surface area contributed by atoms with Gasteiger partial charge in [-0.25, -0.2) is 4.79 Å². The number of rotatable bonds is 7. The third-order valence-electron chi connectivity index (χ3n) is 5.46. The highest BCUT2D eigenvalue weighted by molar-refractivity contribution is 5.89. The molecule has 3 atom stereocenters. The molecule has 0 aromatic heterocycles. The van der Waals surface area contributed by atoms with E-state index in [4.69, 9.17) is 9.47 Å². The fourth-order valence-electron chi connectivity index (χ4n) is 3.51. The molecule has 1 fully saturated rings. The van der Waals surface area contributed by atoms with Crippen LogP contribution in [-0.4, -0.2) is 43.0 Å². The quantitative estimate of drug-likeness (QED) is 0.407. The Balaban J connectivity index is 0.00000218. The van der Waals surface area contributed by atoms with Crippen LogP contribution >= 0.6 is 0 Å². The SMILES string of the molecule is CC.COC(=O)C(Cc1ccc([N+](=O)[O-])cc1)NC(=O)C1CC(C(=O)OC)C1(C)C. The van der Waals surface area contributed by atoms with Gasteiger partial charge >= 0.3 is 11.9 Å². The van der Waals surface area contributed by atoms with Gasteiger partial charge in [0.05, 0.1) is 25.1 Å². The molecule has 0 saturated heterocycles. The van der Waals surface area contributed by atoms with Gasteiger partial charge in [0, 0.05) is 24.5 Å². The Morgan fingerprint density at radius 2 is 1.70 bits per heavy atom. The molecular weight excluding hydrogens is 392 g/mol. The Bertz CT molecular complexity index is 774. The first-order valence-electron chi connectivity index (χ1n) is 9.81. The fourth-order valence-corrected chi connectivity index (χ4v) is 3.51. The largest absolute Gasteiger partial charge is 0.469 e. The Kier molecular flexibility index (Phi) is 8.94. The van der Waals surface area contributed by atoms with Gasteiger partial charge in [0.2, 0.25) is 5.91 Å². The molecule has 166 valence electrons. The number of nitrogens with zero attached hydrogens (tertiary/aromatic N) is 1. The van der Waals surface area contributed by atoms with Gasteiger partial charge in [0.1, 0.15) is 6.04 Å². The van der Waals surface area contributed by atoms with Crippen molar-refractivity contribution in [1.29, 1.82) is 0 Å². The number of hydrogen-bond donors (Lipinski definition) is 1. The van der Waals surface area contributed by atoms with Crippen molar-refractivity contribution in [2.45, 2.75) is 46.6 Å². The average Bonchev–Trinajstić information content (AvgIpc) is 2.73. The van der Waals surface area contributed by atoms with Gasteiger partial charge in [-0.1, -0.05) is 39.8 Å². The lowest BCUT2D eigenvalue weighted by Gasteiger charge is -2.49. The van der Waals surface area contributed by atoms with Crippen molar-refractivity contribution in [1.82, 2.24) is 5.32 Å². The minimum Gasteiger partial charge on any atom is -0.469 e. The van der Waals surface area contributed by atoms with Crippen LogP contribution in [0.5, 0.6) is 0 Å². The molecule has 0 heterocycles. The third kappa shape index (κ3) is 5.55. The normalized spacial score (nSPS) is 19.8. The average molecular weight is 422 g/mol. The highest BCUT2D eigenvalue weighted by Gasteiger charge is 2.55. The van der Waals surface area contributed by atoms with E-state index in [0.29, 0.717) is 12.0 Å². The van der Waals surface area contributed by atoms with Gasteiger partial charge < -0.3 is 14.8 Å². The van der Waals surface area contributed by atoms with Crippen LogP contribution in [0.25, 0.3) is 0 Å². The van der Waals surface area contributed by atoms with Crippen LogP contribution in [0.1, 0.15) is 39.7 Å². The van der Waals surface area contributed by atoms with Gasteiger partial charge in [-0.05, 0) is 17.4 Å². The highest BCUT2D eigenvalue weighted by atomic mass is 16.6. The highest BCUT2D eigenvalue weighted by Crippen LogP contribution is 2.51. The second-order valence-electron chi connectivity index (χ2n) is 7.40. The number of nitro groups is 1. The second-order valence-corrected chi connectivity index (χ2v) is 7.40. The molecule has 0 radical (unpaired) electrons. The van der Waals surface area contributed by atoms with Gasteiger partial charge in [-0.3, -0.25) is 19.7 Å². The molecule has 30 heavy (non-hydrogen) atoms. The molecule has 1 N–H and O–H groups in total. The monoisotopic (exact) mass is 422 g/mol. The van der Waals surface area contributed by atoms with Gasteiger partial charge in [-0.15, -0.1) is 0 Å². The molecule has 1 aliphatic carbocycles. The van der Waals surface area contributed by atoms with Crippen molar-refractivity contribution in [2.75, 3.05) is 14.2 Å². The number of carbonyl (C=O) groups excluding carboxylic acids is 3. The molecule has 0 aliphatic heterocycles. The minimum atomic E-state index is -0.938. The first-order chi connectivity index (χ1) is 14.1. The smallest absolute Gasteiger partial charge is 0.328 e. The van der Waals surface area contributed by atoms with E-state index < -0.39 is 28.3 Å². The zero-order valence-electron chi connectivity index (χ0n) is 18.3. The van der Waals surface area contributed by atoms with Crippen molar-refractivity contribution >= 4 is 23.5 Å². The maximum absolute atomic E-state index is 12.7. The number of methoxy groups -OCH3 is 2. The summed E-state index contributed by atoms with van der Waals surface area (Å²) in [6, 6.07) is 4.79. The van der Waals surface area contributed by atoms with Gasteiger partial charge in [0.15, 0.2) is 0 Å². The van der Waals surface area contributed by atoms with E-state index in [1.807, 2.05) is 27.7 Å². The molecular formula is C21H30N2O7. The van der Waals surface area contributed by atoms with E-state index in [0.717, 1.165) is 0 Å². The summed E-state index contributed by atoms with van der Waals surface area (Å²) in [5.74, 6) is -2.14. The van der Waals surface area contributed by atoms with E-state index in [-0.39, 0.29) is 29.9 Å². The molecule has 3 unspecified atom stereocenters. The van der Waals surface area contributed by atoms with Crippen LogP contribution in [0, 0.1) is 27.4 Å². The van der Waals surface area contributed by atoms with E-state index in [9.17, 15) is 24.5 Å². The molecule has 0 bridgehead atoms. The first-order valence-corrected chi connectivity index (χ1v) is 9.81. The molecule has 1 aliphatic rings. The molecule has 1 saturated carbocycles. The zero-order chi connectivity index (χ0) is 23.1. The van der Waals surface area contributed by atoms with Crippen LogP contribution in [0.2, 0.25) is 0 Å². The molecule has 9 heteroatoms. The summed E-state index contributed by atoms with van der Waals surface area (Å²) in [6.07, 6.45) is 0.473. The third-order valence-corrected chi connectivity index (χ3v) is 5.46. The summed E-state index contributed by atoms with van der Waals surface area (Å²) in [5, 5.41) is 13.4. The van der Waals surface area contributed by atoms with Crippen LogP contribution < -0.4 is 5.32 Å². The van der Waals surface area contributed by atoms with Crippen molar-refractivity contribution in [2.24, 2.45) is 17.3 Å². The molecule has 1 aromatic carbocycles. The number of non-ortho nitro benzene ring substituents is 1. The standard InChI is InChI=1S/C19H24N2O7.C2H6/c1-19(2)13(10-14(19)17(23)27-3)16(22)20-15(18(24)28-4)9-11-5-7-12(8-6-11)21(25)26;1-2/h5-8,13-15H,9-10H2,1-4H3,(H,20,22);1-2H3. The summed E-state index contributed by atoms with van der Waals surface area (Å²) in [7, 11) is 2.53. The van der Waals surface area contributed by atoms with Crippen molar-refractivity contribution < 1.29 is 28.8 Å². The number of hydrogen-bond acceptors (Lipinski definition) is 7. The zero-order valence-corrected chi connectivity index (χ0v) is 18.3.